The molecule has 4 nitrogen and oxygen atoms in total. The van der Waals surface area contributed by atoms with Crippen molar-refractivity contribution in [3.63, 3.8) is 0 Å². The summed E-state index contributed by atoms with van der Waals surface area (Å²) in [6.07, 6.45) is 2.15. The predicted octanol–water partition coefficient (Wildman–Crippen LogP) is 2.89. The summed E-state index contributed by atoms with van der Waals surface area (Å²) < 4.78 is 11.1. The molecule has 0 amide bonds. The van der Waals surface area contributed by atoms with Crippen molar-refractivity contribution in [1.82, 2.24) is 9.97 Å². The van der Waals surface area contributed by atoms with E-state index in [4.69, 9.17) is 21.1 Å². The lowest BCUT2D eigenvalue weighted by molar-refractivity contribution is -0.0169. The maximum Gasteiger partial charge on any atom is 0.221 e. The van der Waals surface area contributed by atoms with Gasteiger partial charge in [-0.2, -0.15) is 0 Å². The molecular weight excluding hydrogens is 240 g/mol. The van der Waals surface area contributed by atoms with Gasteiger partial charge in [0, 0.05) is 0 Å². The second-order valence-corrected chi connectivity index (χ2v) is 4.97. The second-order valence-electron chi connectivity index (χ2n) is 4.61. The van der Waals surface area contributed by atoms with Crippen LogP contribution in [0.15, 0.2) is 6.33 Å². The van der Waals surface area contributed by atoms with Crippen LogP contribution in [0, 0.1) is 0 Å². The van der Waals surface area contributed by atoms with Gasteiger partial charge in [0.1, 0.15) is 18.1 Å². The van der Waals surface area contributed by atoms with E-state index in [0.29, 0.717) is 24.2 Å². The monoisotopic (exact) mass is 258 g/mol. The fourth-order valence-corrected chi connectivity index (χ4v) is 1.54. The average Bonchev–Trinajstić information content (AvgIpc) is 2.23. The van der Waals surface area contributed by atoms with E-state index < -0.39 is 0 Å². The number of rotatable bonds is 5. The number of nitrogens with zero attached hydrogens (tertiary/aromatic N) is 2. The summed E-state index contributed by atoms with van der Waals surface area (Å²) in [5.41, 5.74) is 0.685. The standard InChI is InChI=1S/C12H19ClN2O2/c1-5-9-10(13)14-8-15-11(9)16-6-7-17-12(2,3)4/h8H,5-7H2,1-4H3. The summed E-state index contributed by atoms with van der Waals surface area (Å²) in [5, 5.41) is 0.453. The van der Waals surface area contributed by atoms with Crippen LogP contribution in [0.3, 0.4) is 0 Å². The Labute approximate surface area is 107 Å². The molecule has 0 aliphatic rings. The van der Waals surface area contributed by atoms with Crippen LogP contribution in [0.2, 0.25) is 5.15 Å². The smallest absolute Gasteiger partial charge is 0.221 e. The molecular formula is C12H19ClN2O2. The Morgan fingerprint density at radius 3 is 2.53 bits per heavy atom. The first-order valence-corrected chi connectivity index (χ1v) is 6.08. The first kappa shape index (κ1) is 14.2. The summed E-state index contributed by atoms with van der Waals surface area (Å²) in [7, 11) is 0. The Bertz CT molecular complexity index is 364. The summed E-state index contributed by atoms with van der Waals surface area (Å²) in [4.78, 5) is 7.99. The molecule has 0 unspecified atom stereocenters. The van der Waals surface area contributed by atoms with Crippen LogP contribution in [0.4, 0.5) is 0 Å². The quantitative estimate of drug-likeness (QED) is 0.602. The number of ether oxygens (including phenoxy) is 2. The molecule has 1 rings (SSSR count). The van der Waals surface area contributed by atoms with Crippen molar-refractivity contribution in [2.45, 2.75) is 39.7 Å². The second kappa shape index (κ2) is 6.17. The average molecular weight is 259 g/mol. The lowest BCUT2D eigenvalue weighted by atomic mass is 10.2. The van der Waals surface area contributed by atoms with Gasteiger partial charge in [0.15, 0.2) is 0 Å². The van der Waals surface area contributed by atoms with E-state index in [9.17, 15) is 0 Å². The number of hydrogen-bond acceptors (Lipinski definition) is 4. The van der Waals surface area contributed by atoms with Gasteiger partial charge < -0.3 is 9.47 Å². The highest BCUT2D eigenvalue weighted by molar-refractivity contribution is 6.30. The van der Waals surface area contributed by atoms with Crippen LogP contribution < -0.4 is 4.74 Å². The van der Waals surface area contributed by atoms with E-state index in [0.717, 1.165) is 12.0 Å². The van der Waals surface area contributed by atoms with Crippen LogP contribution in [0.5, 0.6) is 5.88 Å². The molecule has 0 saturated carbocycles. The largest absolute Gasteiger partial charge is 0.475 e. The molecule has 0 aromatic carbocycles. The van der Waals surface area contributed by atoms with Crippen molar-refractivity contribution in [1.29, 1.82) is 0 Å². The molecule has 5 heteroatoms. The molecule has 0 aliphatic carbocycles. The lowest BCUT2D eigenvalue weighted by Crippen LogP contribution is -2.22. The van der Waals surface area contributed by atoms with E-state index in [2.05, 4.69) is 9.97 Å². The maximum absolute atomic E-state index is 5.95. The molecule has 96 valence electrons. The highest BCUT2D eigenvalue weighted by Gasteiger charge is 2.11. The summed E-state index contributed by atoms with van der Waals surface area (Å²) in [6.45, 7) is 8.99. The zero-order chi connectivity index (χ0) is 12.9. The Kier molecular flexibility index (Phi) is 5.15. The molecule has 17 heavy (non-hydrogen) atoms. The normalized spacial score (nSPS) is 11.6. The third-order valence-corrected chi connectivity index (χ3v) is 2.39. The Morgan fingerprint density at radius 1 is 1.24 bits per heavy atom. The van der Waals surface area contributed by atoms with E-state index in [1.165, 1.54) is 6.33 Å². The molecule has 0 atom stereocenters. The molecule has 1 heterocycles. The van der Waals surface area contributed by atoms with Gasteiger partial charge in [-0.25, -0.2) is 9.97 Å². The third kappa shape index (κ3) is 4.88. The molecule has 0 fully saturated rings. The predicted molar refractivity (Wildman–Crippen MR) is 67.6 cm³/mol. The molecule has 0 radical (unpaired) electrons. The molecule has 0 aliphatic heterocycles. The molecule has 0 N–H and O–H groups in total. The van der Waals surface area contributed by atoms with E-state index in [-0.39, 0.29) is 5.60 Å². The first-order chi connectivity index (χ1) is 7.94. The van der Waals surface area contributed by atoms with Gasteiger partial charge in [-0.15, -0.1) is 0 Å². The van der Waals surface area contributed by atoms with Crippen LogP contribution in [-0.2, 0) is 11.2 Å². The van der Waals surface area contributed by atoms with Gasteiger partial charge in [0.25, 0.3) is 0 Å². The molecule has 1 aromatic heterocycles. The highest BCUT2D eigenvalue weighted by Crippen LogP contribution is 2.22. The summed E-state index contributed by atoms with van der Waals surface area (Å²) >= 11 is 5.95. The Morgan fingerprint density at radius 2 is 1.94 bits per heavy atom. The van der Waals surface area contributed by atoms with Gasteiger partial charge in [-0.3, -0.25) is 0 Å². The molecule has 0 saturated heterocycles. The third-order valence-electron chi connectivity index (χ3n) is 2.06. The van der Waals surface area contributed by atoms with Crippen molar-refractivity contribution in [2.75, 3.05) is 13.2 Å². The Hall–Kier alpha value is -0.870. The minimum Gasteiger partial charge on any atom is -0.475 e. The fraction of sp³-hybridized carbons (Fsp3) is 0.667. The minimum absolute atomic E-state index is 0.153. The van der Waals surface area contributed by atoms with Crippen LogP contribution >= 0.6 is 11.6 Å². The topological polar surface area (TPSA) is 44.2 Å². The number of halogens is 1. The van der Waals surface area contributed by atoms with Gasteiger partial charge >= 0.3 is 0 Å². The number of hydrogen-bond donors (Lipinski definition) is 0. The van der Waals surface area contributed by atoms with Crippen LogP contribution in [-0.4, -0.2) is 28.8 Å². The van der Waals surface area contributed by atoms with Gasteiger partial charge in [0.05, 0.1) is 17.8 Å². The van der Waals surface area contributed by atoms with Crippen molar-refractivity contribution in [3.8, 4) is 5.88 Å². The lowest BCUT2D eigenvalue weighted by Gasteiger charge is -2.19. The highest BCUT2D eigenvalue weighted by atomic mass is 35.5. The fourth-order valence-electron chi connectivity index (χ4n) is 1.28. The summed E-state index contributed by atoms with van der Waals surface area (Å²) in [5.74, 6) is 0.546. The van der Waals surface area contributed by atoms with Crippen LogP contribution in [0.25, 0.3) is 0 Å². The van der Waals surface area contributed by atoms with Crippen LogP contribution in [0.1, 0.15) is 33.3 Å². The van der Waals surface area contributed by atoms with Crippen molar-refractivity contribution >= 4 is 11.6 Å². The molecule has 0 bridgehead atoms. The zero-order valence-corrected chi connectivity index (χ0v) is 11.5. The van der Waals surface area contributed by atoms with Crippen molar-refractivity contribution in [3.05, 3.63) is 17.0 Å². The Balaban J connectivity index is 2.49. The van der Waals surface area contributed by atoms with Gasteiger partial charge in [-0.05, 0) is 27.2 Å². The number of aromatic nitrogens is 2. The van der Waals surface area contributed by atoms with Crippen molar-refractivity contribution < 1.29 is 9.47 Å². The first-order valence-electron chi connectivity index (χ1n) is 5.70. The van der Waals surface area contributed by atoms with E-state index in [1.807, 2.05) is 27.7 Å². The van der Waals surface area contributed by atoms with Crippen molar-refractivity contribution in [2.24, 2.45) is 0 Å². The molecule has 0 spiro atoms. The molecule has 1 aromatic rings. The van der Waals surface area contributed by atoms with Gasteiger partial charge in [0.2, 0.25) is 5.88 Å². The summed E-state index contributed by atoms with van der Waals surface area (Å²) in [6, 6.07) is 0. The minimum atomic E-state index is -0.153. The van der Waals surface area contributed by atoms with E-state index >= 15 is 0 Å². The SMILES string of the molecule is CCc1c(Cl)ncnc1OCCOC(C)(C)C. The van der Waals surface area contributed by atoms with E-state index in [1.54, 1.807) is 0 Å². The maximum atomic E-state index is 5.95. The zero-order valence-electron chi connectivity index (χ0n) is 10.8. The van der Waals surface area contributed by atoms with Gasteiger partial charge in [-0.1, -0.05) is 18.5 Å².